The Bertz CT molecular complexity index is 858. The lowest BCUT2D eigenvalue weighted by molar-refractivity contribution is 0.100. The number of aromatic nitrogens is 2. The highest BCUT2D eigenvalue weighted by atomic mass is 35.5. The first-order valence-electron chi connectivity index (χ1n) is 6.73. The van der Waals surface area contributed by atoms with E-state index in [1.54, 1.807) is 10.9 Å². The zero-order valence-corrected chi connectivity index (χ0v) is 13.5. The summed E-state index contributed by atoms with van der Waals surface area (Å²) in [7, 11) is 3.90. The second-order valence-electron chi connectivity index (χ2n) is 5.21. The molecule has 23 heavy (non-hydrogen) atoms. The number of anilines is 1. The first kappa shape index (κ1) is 16.8. The van der Waals surface area contributed by atoms with Gasteiger partial charge in [-0.25, -0.2) is 9.07 Å². The molecule has 120 valence electrons. The molecule has 0 bridgehead atoms. The van der Waals surface area contributed by atoms with Gasteiger partial charge in [-0.3, -0.25) is 4.79 Å². The Morgan fingerprint density at radius 2 is 1.83 bits per heavy atom. The molecule has 1 aromatic heterocycles. The second-order valence-corrected chi connectivity index (χ2v) is 5.21. The molecule has 0 saturated heterocycles. The maximum absolute atomic E-state index is 13.9. The molecule has 0 atom stereocenters. The standard InChI is InChI=1S/C16H15FN4O.ClH/c1-20(2)10-3-5-11(6-4-10)21-9-13-14(17)8-7-12(16(18)22)15(13)19-21;/h3-9H,1-2H3,(H2,18,22);1H. The van der Waals surface area contributed by atoms with Crippen LogP contribution in [0.25, 0.3) is 16.6 Å². The predicted molar refractivity (Wildman–Crippen MR) is 91.1 cm³/mol. The van der Waals surface area contributed by atoms with Crippen LogP contribution in [0.3, 0.4) is 0 Å². The van der Waals surface area contributed by atoms with Gasteiger partial charge < -0.3 is 10.6 Å². The maximum atomic E-state index is 13.9. The van der Waals surface area contributed by atoms with Crippen molar-refractivity contribution in [3.05, 3.63) is 54.0 Å². The molecule has 1 amide bonds. The summed E-state index contributed by atoms with van der Waals surface area (Å²) in [5, 5.41) is 4.57. The fraction of sp³-hybridized carbons (Fsp3) is 0.125. The van der Waals surface area contributed by atoms with E-state index >= 15 is 0 Å². The Morgan fingerprint density at radius 1 is 1.17 bits per heavy atom. The van der Waals surface area contributed by atoms with Crippen LogP contribution in [-0.4, -0.2) is 29.8 Å². The molecule has 0 radical (unpaired) electrons. The van der Waals surface area contributed by atoms with Crippen molar-refractivity contribution >= 4 is 34.9 Å². The van der Waals surface area contributed by atoms with Gasteiger partial charge in [-0.2, -0.15) is 5.10 Å². The second kappa shape index (κ2) is 6.26. The number of rotatable bonds is 3. The van der Waals surface area contributed by atoms with Gasteiger partial charge in [0.2, 0.25) is 0 Å². The molecule has 2 aromatic carbocycles. The Labute approximate surface area is 138 Å². The van der Waals surface area contributed by atoms with Crippen LogP contribution in [0.4, 0.5) is 10.1 Å². The zero-order chi connectivity index (χ0) is 15.9. The fourth-order valence-electron chi connectivity index (χ4n) is 2.31. The summed E-state index contributed by atoms with van der Waals surface area (Å²) in [6.45, 7) is 0. The highest BCUT2D eigenvalue weighted by Gasteiger charge is 2.14. The van der Waals surface area contributed by atoms with E-state index < -0.39 is 11.7 Å². The normalized spacial score (nSPS) is 10.4. The van der Waals surface area contributed by atoms with Crippen LogP contribution in [0.5, 0.6) is 0 Å². The van der Waals surface area contributed by atoms with Crippen molar-refractivity contribution in [2.24, 2.45) is 5.73 Å². The van der Waals surface area contributed by atoms with Crippen molar-refractivity contribution in [3.63, 3.8) is 0 Å². The number of halogens is 2. The van der Waals surface area contributed by atoms with Crippen LogP contribution >= 0.6 is 12.4 Å². The van der Waals surface area contributed by atoms with Gasteiger partial charge >= 0.3 is 0 Å². The third kappa shape index (κ3) is 2.98. The van der Waals surface area contributed by atoms with Crippen LogP contribution in [0.15, 0.2) is 42.6 Å². The number of amides is 1. The van der Waals surface area contributed by atoms with Crippen LogP contribution in [-0.2, 0) is 0 Å². The molecule has 0 unspecified atom stereocenters. The molecule has 2 N–H and O–H groups in total. The highest BCUT2D eigenvalue weighted by molar-refractivity contribution is 6.04. The molecular weight excluding hydrogens is 319 g/mol. The number of nitrogens with zero attached hydrogens (tertiary/aromatic N) is 3. The fourth-order valence-corrected chi connectivity index (χ4v) is 2.31. The molecule has 0 spiro atoms. The van der Waals surface area contributed by atoms with E-state index in [9.17, 15) is 9.18 Å². The summed E-state index contributed by atoms with van der Waals surface area (Å²) in [4.78, 5) is 13.4. The number of primary amides is 1. The Hall–Kier alpha value is -2.60. The highest BCUT2D eigenvalue weighted by Crippen LogP contribution is 2.23. The molecule has 1 heterocycles. The molecule has 3 aromatic rings. The molecule has 0 aliphatic carbocycles. The monoisotopic (exact) mass is 334 g/mol. The van der Waals surface area contributed by atoms with Gasteiger partial charge in [-0.15, -0.1) is 12.4 Å². The van der Waals surface area contributed by atoms with Gasteiger partial charge in [0.15, 0.2) is 0 Å². The number of nitrogens with two attached hydrogens (primary N) is 1. The van der Waals surface area contributed by atoms with E-state index in [2.05, 4.69) is 5.10 Å². The van der Waals surface area contributed by atoms with E-state index in [0.717, 1.165) is 11.4 Å². The first-order valence-corrected chi connectivity index (χ1v) is 6.73. The quantitative estimate of drug-likeness (QED) is 0.801. The largest absolute Gasteiger partial charge is 0.378 e. The van der Waals surface area contributed by atoms with Crippen molar-refractivity contribution in [2.75, 3.05) is 19.0 Å². The van der Waals surface area contributed by atoms with E-state index in [4.69, 9.17) is 5.73 Å². The van der Waals surface area contributed by atoms with Crippen LogP contribution in [0, 0.1) is 5.82 Å². The van der Waals surface area contributed by atoms with Crippen LogP contribution in [0.2, 0.25) is 0 Å². The SMILES string of the molecule is CN(C)c1ccc(-n2cc3c(F)ccc(C(N)=O)c3n2)cc1.Cl. The Morgan fingerprint density at radius 3 is 2.39 bits per heavy atom. The zero-order valence-electron chi connectivity index (χ0n) is 12.7. The molecule has 3 rings (SSSR count). The smallest absolute Gasteiger partial charge is 0.250 e. The number of hydrogen-bond donors (Lipinski definition) is 1. The van der Waals surface area contributed by atoms with Crippen molar-refractivity contribution in [3.8, 4) is 5.69 Å². The van der Waals surface area contributed by atoms with Crippen molar-refractivity contribution < 1.29 is 9.18 Å². The van der Waals surface area contributed by atoms with E-state index in [1.165, 1.54) is 12.1 Å². The molecule has 5 nitrogen and oxygen atoms in total. The number of hydrogen-bond acceptors (Lipinski definition) is 3. The van der Waals surface area contributed by atoms with Gasteiger partial charge in [-0.1, -0.05) is 0 Å². The van der Waals surface area contributed by atoms with Gasteiger partial charge in [0.25, 0.3) is 5.91 Å². The average Bonchev–Trinajstić information content (AvgIpc) is 2.93. The Balaban J connectivity index is 0.00000192. The Kier molecular flexibility index (Phi) is 4.56. The lowest BCUT2D eigenvalue weighted by atomic mass is 10.1. The molecule has 0 fully saturated rings. The maximum Gasteiger partial charge on any atom is 0.250 e. The third-order valence-electron chi connectivity index (χ3n) is 3.52. The minimum absolute atomic E-state index is 0. The molecule has 7 heteroatoms. The van der Waals surface area contributed by atoms with Gasteiger partial charge in [0.05, 0.1) is 16.6 Å². The van der Waals surface area contributed by atoms with Crippen LogP contribution in [0.1, 0.15) is 10.4 Å². The first-order chi connectivity index (χ1) is 10.5. The van der Waals surface area contributed by atoms with E-state index in [0.29, 0.717) is 0 Å². The number of fused-ring (bicyclic) bond motifs is 1. The molecule has 0 aliphatic heterocycles. The third-order valence-corrected chi connectivity index (χ3v) is 3.52. The van der Waals surface area contributed by atoms with Crippen molar-refractivity contribution in [2.45, 2.75) is 0 Å². The topological polar surface area (TPSA) is 64.2 Å². The average molecular weight is 335 g/mol. The van der Waals surface area contributed by atoms with Crippen molar-refractivity contribution in [1.29, 1.82) is 0 Å². The van der Waals surface area contributed by atoms with Gasteiger partial charge in [0, 0.05) is 26.0 Å². The van der Waals surface area contributed by atoms with Gasteiger partial charge in [-0.05, 0) is 36.4 Å². The summed E-state index contributed by atoms with van der Waals surface area (Å²) in [5.41, 5.74) is 7.61. The molecular formula is C16H16ClFN4O. The summed E-state index contributed by atoms with van der Waals surface area (Å²) in [6.07, 6.45) is 1.56. The number of benzene rings is 2. The summed E-state index contributed by atoms with van der Waals surface area (Å²) in [5.74, 6) is -1.06. The van der Waals surface area contributed by atoms with E-state index in [1.807, 2.05) is 43.3 Å². The summed E-state index contributed by atoms with van der Waals surface area (Å²) < 4.78 is 15.5. The predicted octanol–water partition coefficient (Wildman–Crippen LogP) is 2.75. The summed E-state index contributed by atoms with van der Waals surface area (Å²) in [6, 6.07) is 10.2. The molecule has 0 saturated carbocycles. The minimum Gasteiger partial charge on any atom is -0.378 e. The van der Waals surface area contributed by atoms with E-state index in [-0.39, 0.29) is 28.9 Å². The van der Waals surface area contributed by atoms with Crippen LogP contribution < -0.4 is 10.6 Å². The molecule has 0 aliphatic rings. The van der Waals surface area contributed by atoms with Crippen molar-refractivity contribution in [1.82, 2.24) is 9.78 Å². The number of carbonyl (C=O) groups excluding carboxylic acids is 1. The lowest BCUT2D eigenvalue weighted by Gasteiger charge is -2.12. The lowest BCUT2D eigenvalue weighted by Crippen LogP contribution is -2.11. The van der Waals surface area contributed by atoms with Gasteiger partial charge in [0.1, 0.15) is 11.3 Å². The minimum atomic E-state index is -0.627. The summed E-state index contributed by atoms with van der Waals surface area (Å²) >= 11 is 0. The number of carbonyl (C=O) groups is 1.